The molecule has 4 heteroatoms. The van der Waals surface area contributed by atoms with Gasteiger partial charge in [0.15, 0.2) is 5.76 Å². The minimum atomic E-state index is -0.168. The maximum absolute atomic E-state index is 12.1. The highest BCUT2D eigenvalue weighted by molar-refractivity contribution is 5.91. The number of aliphatic hydroxyl groups excluding tert-OH is 1. The minimum absolute atomic E-state index is 0.0477. The molecule has 1 heterocycles. The molecule has 0 unspecified atom stereocenters. The van der Waals surface area contributed by atoms with Crippen molar-refractivity contribution < 1.29 is 14.3 Å². The Morgan fingerprint density at radius 2 is 2.10 bits per heavy atom. The number of nitrogens with zero attached hydrogens (tertiary/aromatic N) is 1. The second kappa shape index (κ2) is 7.32. The first kappa shape index (κ1) is 14.9. The molecule has 108 valence electrons. The van der Waals surface area contributed by atoms with Crippen molar-refractivity contribution in [3.05, 3.63) is 59.5 Å². The zero-order valence-corrected chi connectivity index (χ0v) is 11.9. The van der Waals surface area contributed by atoms with E-state index in [1.54, 1.807) is 24.1 Å². The molecule has 0 radical (unpaired) electrons. The summed E-state index contributed by atoms with van der Waals surface area (Å²) in [7, 11) is 1.72. The number of amides is 1. The van der Waals surface area contributed by atoms with Gasteiger partial charge >= 0.3 is 0 Å². The summed E-state index contributed by atoms with van der Waals surface area (Å²) in [6, 6.07) is 11.0. The van der Waals surface area contributed by atoms with Crippen molar-refractivity contribution in [2.45, 2.75) is 13.0 Å². The fourth-order valence-electron chi connectivity index (χ4n) is 1.91. The van der Waals surface area contributed by atoms with Gasteiger partial charge in [0.2, 0.25) is 0 Å². The first-order chi connectivity index (χ1) is 10.2. The molecule has 4 nitrogen and oxygen atoms in total. The van der Waals surface area contributed by atoms with Crippen molar-refractivity contribution in [3.8, 4) is 11.8 Å². The molecule has 1 N–H and O–H groups in total. The largest absolute Gasteiger partial charge is 0.459 e. The molecular formula is C17H17NO3. The van der Waals surface area contributed by atoms with Gasteiger partial charge in [0.1, 0.15) is 0 Å². The lowest BCUT2D eigenvalue weighted by molar-refractivity contribution is 0.0753. The van der Waals surface area contributed by atoms with Crippen LogP contribution < -0.4 is 0 Å². The lowest BCUT2D eigenvalue weighted by Gasteiger charge is -2.16. The molecule has 0 atom stereocenters. The number of rotatable bonds is 4. The van der Waals surface area contributed by atoms with Gasteiger partial charge in [0.25, 0.3) is 5.91 Å². The normalized spacial score (nSPS) is 9.81. The summed E-state index contributed by atoms with van der Waals surface area (Å²) < 4.78 is 5.12. The Morgan fingerprint density at radius 3 is 2.81 bits per heavy atom. The second-order valence-corrected chi connectivity index (χ2v) is 4.57. The summed E-state index contributed by atoms with van der Waals surface area (Å²) in [6.45, 7) is 0.496. The number of hydrogen-bond donors (Lipinski definition) is 1. The summed E-state index contributed by atoms with van der Waals surface area (Å²) in [6.07, 6.45) is 1.92. The molecule has 0 bridgehead atoms. The van der Waals surface area contributed by atoms with Crippen LogP contribution in [0.1, 0.15) is 28.1 Å². The Bertz CT molecular complexity index is 650. The molecule has 1 aromatic heterocycles. The van der Waals surface area contributed by atoms with Crippen LogP contribution in [0.15, 0.2) is 47.1 Å². The van der Waals surface area contributed by atoms with Gasteiger partial charge in [-0.05, 0) is 23.8 Å². The number of aliphatic hydroxyl groups is 1. The first-order valence-electron chi connectivity index (χ1n) is 6.69. The van der Waals surface area contributed by atoms with E-state index in [0.717, 1.165) is 11.1 Å². The molecular weight excluding hydrogens is 266 g/mol. The maximum atomic E-state index is 12.1. The Morgan fingerprint density at radius 1 is 1.29 bits per heavy atom. The van der Waals surface area contributed by atoms with Crippen molar-refractivity contribution in [2.75, 3.05) is 13.7 Å². The molecule has 0 aliphatic rings. The van der Waals surface area contributed by atoms with Crippen LogP contribution >= 0.6 is 0 Å². The van der Waals surface area contributed by atoms with E-state index in [4.69, 9.17) is 9.52 Å². The van der Waals surface area contributed by atoms with Crippen molar-refractivity contribution in [1.29, 1.82) is 0 Å². The summed E-state index contributed by atoms with van der Waals surface area (Å²) >= 11 is 0. The van der Waals surface area contributed by atoms with E-state index in [1.165, 1.54) is 6.26 Å². The summed E-state index contributed by atoms with van der Waals surface area (Å²) in [5.41, 5.74) is 1.83. The Balaban J connectivity index is 2.12. The molecule has 2 aromatic rings. The minimum Gasteiger partial charge on any atom is -0.459 e. The third kappa shape index (κ3) is 3.98. The summed E-state index contributed by atoms with van der Waals surface area (Å²) in [4.78, 5) is 13.7. The van der Waals surface area contributed by atoms with Gasteiger partial charge in [-0.15, -0.1) is 0 Å². The van der Waals surface area contributed by atoms with Crippen LogP contribution in [0.3, 0.4) is 0 Å². The van der Waals surface area contributed by atoms with E-state index in [0.29, 0.717) is 18.7 Å². The molecule has 0 aliphatic carbocycles. The predicted octanol–water partition coefficient (Wildman–Crippen LogP) is 2.29. The summed E-state index contributed by atoms with van der Waals surface area (Å²) in [5, 5.41) is 8.77. The highest BCUT2D eigenvalue weighted by Crippen LogP contribution is 2.12. The van der Waals surface area contributed by atoms with Gasteiger partial charge in [-0.1, -0.05) is 30.0 Å². The van der Waals surface area contributed by atoms with Crippen LogP contribution in [0.4, 0.5) is 0 Å². The van der Waals surface area contributed by atoms with Crippen LogP contribution in [0.25, 0.3) is 0 Å². The van der Waals surface area contributed by atoms with Crippen molar-refractivity contribution in [1.82, 2.24) is 4.90 Å². The Labute approximate surface area is 124 Å². The number of carbonyl (C=O) groups excluding carboxylic acids is 1. The zero-order valence-electron chi connectivity index (χ0n) is 11.9. The number of carbonyl (C=O) groups is 1. The van der Waals surface area contributed by atoms with Crippen LogP contribution in [0, 0.1) is 11.8 Å². The van der Waals surface area contributed by atoms with Crippen LogP contribution in [0.5, 0.6) is 0 Å². The number of benzene rings is 1. The van der Waals surface area contributed by atoms with E-state index >= 15 is 0 Å². The van der Waals surface area contributed by atoms with E-state index < -0.39 is 0 Å². The SMILES string of the molecule is CN(Cc1ccccc1C#CCCO)C(=O)c1ccco1. The monoisotopic (exact) mass is 283 g/mol. The standard InChI is InChI=1S/C17H17NO3/c1-18(17(20)16-10-6-12-21-16)13-15-9-3-2-7-14(15)8-4-5-11-19/h2-3,6-7,9-10,12,19H,5,11,13H2,1H3. The van der Waals surface area contributed by atoms with E-state index in [1.807, 2.05) is 24.3 Å². The van der Waals surface area contributed by atoms with Gasteiger partial charge < -0.3 is 14.4 Å². The molecule has 2 rings (SSSR count). The average molecular weight is 283 g/mol. The zero-order chi connectivity index (χ0) is 15.1. The van der Waals surface area contributed by atoms with E-state index in [9.17, 15) is 4.79 Å². The fourth-order valence-corrected chi connectivity index (χ4v) is 1.91. The number of furan rings is 1. The fraction of sp³-hybridized carbons (Fsp3) is 0.235. The lowest BCUT2D eigenvalue weighted by Crippen LogP contribution is -2.26. The topological polar surface area (TPSA) is 53.7 Å². The van der Waals surface area contributed by atoms with E-state index in [2.05, 4.69) is 11.8 Å². The average Bonchev–Trinajstić information content (AvgIpc) is 3.02. The van der Waals surface area contributed by atoms with Crippen LogP contribution in [0.2, 0.25) is 0 Å². The van der Waals surface area contributed by atoms with E-state index in [-0.39, 0.29) is 12.5 Å². The third-order valence-corrected chi connectivity index (χ3v) is 2.96. The van der Waals surface area contributed by atoms with Gasteiger partial charge in [0, 0.05) is 25.6 Å². The first-order valence-corrected chi connectivity index (χ1v) is 6.69. The Kier molecular flexibility index (Phi) is 5.19. The summed E-state index contributed by atoms with van der Waals surface area (Å²) in [5.74, 6) is 6.07. The quantitative estimate of drug-likeness (QED) is 0.876. The molecule has 0 saturated carbocycles. The van der Waals surface area contributed by atoms with Crippen LogP contribution in [-0.4, -0.2) is 29.6 Å². The third-order valence-electron chi connectivity index (χ3n) is 2.96. The van der Waals surface area contributed by atoms with Crippen molar-refractivity contribution in [3.63, 3.8) is 0 Å². The molecule has 0 saturated heterocycles. The van der Waals surface area contributed by atoms with Gasteiger partial charge in [0.05, 0.1) is 12.9 Å². The highest BCUT2D eigenvalue weighted by atomic mass is 16.3. The van der Waals surface area contributed by atoms with Crippen molar-refractivity contribution in [2.24, 2.45) is 0 Å². The number of hydrogen-bond acceptors (Lipinski definition) is 3. The highest BCUT2D eigenvalue weighted by Gasteiger charge is 2.15. The second-order valence-electron chi connectivity index (χ2n) is 4.57. The predicted molar refractivity (Wildman–Crippen MR) is 79.5 cm³/mol. The molecule has 0 aliphatic heterocycles. The maximum Gasteiger partial charge on any atom is 0.289 e. The molecule has 1 amide bonds. The molecule has 21 heavy (non-hydrogen) atoms. The lowest BCUT2D eigenvalue weighted by atomic mass is 10.1. The molecule has 0 spiro atoms. The van der Waals surface area contributed by atoms with Gasteiger partial charge in [-0.25, -0.2) is 0 Å². The Hall–Kier alpha value is -2.51. The van der Waals surface area contributed by atoms with Gasteiger partial charge in [-0.3, -0.25) is 4.79 Å². The van der Waals surface area contributed by atoms with Crippen LogP contribution in [-0.2, 0) is 6.54 Å². The van der Waals surface area contributed by atoms with Gasteiger partial charge in [-0.2, -0.15) is 0 Å². The molecule has 0 fully saturated rings. The smallest absolute Gasteiger partial charge is 0.289 e. The molecule has 1 aromatic carbocycles. The van der Waals surface area contributed by atoms with Crippen molar-refractivity contribution >= 4 is 5.91 Å².